The Morgan fingerprint density at radius 1 is 1.00 bits per heavy atom. The van der Waals surface area contributed by atoms with Gasteiger partial charge in [-0.3, -0.25) is 0 Å². The van der Waals surface area contributed by atoms with Gasteiger partial charge in [0.25, 0.3) is 0 Å². The molecule has 1 saturated carbocycles. The molecule has 1 aromatic carbocycles. The van der Waals surface area contributed by atoms with Crippen molar-refractivity contribution in [1.29, 1.82) is 0 Å². The van der Waals surface area contributed by atoms with Gasteiger partial charge in [0.1, 0.15) is 11.3 Å². The van der Waals surface area contributed by atoms with E-state index >= 15 is 0 Å². The molecule has 5 nitrogen and oxygen atoms in total. The van der Waals surface area contributed by atoms with Gasteiger partial charge >= 0.3 is 12.4 Å². The first-order chi connectivity index (χ1) is 13.6. The molecule has 0 saturated heterocycles. The number of anilines is 2. The van der Waals surface area contributed by atoms with Gasteiger partial charge in [-0.1, -0.05) is 0 Å². The van der Waals surface area contributed by atoms with E-state index in [1.807, 2.05) is 0 Å². The number of nitrogens with one attached hydrogen (secondary N) is 1. The minimum Gasteiger partial charge on any atom is -0.490 e. The van der Waals surface area contributed by atoms with E-state index in [0.29, 0.717) is 17.6 Å². The molecule has 0 amide bonds. The van der Waals surface area contributed by atoms with Gasteiger partial charge in [0.05, 0.1) is 6.10 Å². The van der Waals surface area contributed by atoms with Gasteiger partial charge in [-0.05, 0) is 49.9 Å². The predicted molar refractivity (Wildman–Crippen MR) is 91.2 cm³/mol. The van der Waals surface area contributed by atoms with E-state index in [4.69, 9.17) is 4.74 Å². The topological polar surface area (TPSA) is 56.3 Å². The van der Waals surface area contributed by atoms with Gasteiger partial charge < -0.3 is 14.8 Å². The Hall–Kier alpha value is -2.72. The number of alkyl halides is 6. The summed E-state index contributed by atoms with van der Waals surface area (Å²) < 4.78 is 85.9. The van der Waals surface area contributed by atoms with Crippen LogP contribution in [-0.2, 0) is 6.18 Å². The molecule has 2 aromatic rings. The zero-order chi connectivity index (χ0) is 21.1. The second kappa shape index (κ2) is 8.34. The number of rotatable bonds is 6. The maximum atomic E-state index is 13.0. The van der Waals surface area contributed by atoms with Crippen LogP contribution in [0.1, 0.15) is 31.2 Å². The SMILES string of the molecule is FC(F)(F)COc1nc(Nc2ccc(OC3CCCC3)cc2)ncc1C(F)(F)F. The Bertz CT molecular complexity index is 818. The highest BCUT2D eigenvalue weighted by molar-refractivity contribution is 5.55. The molecule has 1 aromatic heterocycles. The number of halogens is 6. The summed E-state index contributed by atoms with van der Waals surface area (Å²) >= 11 is 0. The lowest BCUT2D eigenvalue weighted by atomic mass is 10.2. The Labute approximate surface area is 162 Å². The third-order valence-corrected chi connectivity index (χ3v) is 4.15. The minimum absolute atomic E-state index is 0.167. The van der Waals surface area contributed by atoms with Crippen LogP contribution in [-0.4, -0.2) is 28.9 Å². The normalized spacial score (nSPS) is 15.4. The molecule has 158 valence electrons. The van der Waals surface area contributed by atoms with Crippen LogP contribution in [0.4, 0.5) is 38.0 Å². The number of aromatic nitrogens is 2. The number of ether oxygens (including phenoxy) is 2. The van der Waals surface area contributed by atoms with E-state index in [9.17, 15) is 26.3 Å². The molecule has 0 unspecified atom stereocenters. The number of benzene rings is 1. The number of nitrogens with zero attached hydrogens (tertiary/aromatic N) is 2. The van der Waals surface area contributed by atoms with Crippen molar-refractivity contribution < 1.29 is 35.8 Å². The summed E-state index contributed by atoms with van der Waals surface area (Å²) in [5.41, 5.74) is -1.07. The molecule has 1 fully saturated rings. The van der Waals surface area contributed by atoms with Crippen molar-refractivity contribution >= 4 is 11.6 Å². The Morgan fingerprint density at radius 2 is 1.66 bits per heavy atom. The Balaban J connectivity index is 1.72. The van der Waals surface area contributed by atoms with Crippen LogP contribution in [0.25, 0.3) is 0 Å². The summed E-state index contributed by atoms with van der Waals surface area (Å²) in [7, 11) is 0. The van der Waals surface area contributed by atoms with Crippen molar-refractivity contribution in [3.05, 3.63) is 36.0 Å². The van der Waals surface area contributed by atoms with Gasteiger partial charge in [-0.25, -0.2) is 4.98 Å². The van der Waals surface area contributed by atoms with Crippen molar-refractivity contribution in [3.8, 4) is 11.6 Å². The minimum atomic E-state index is -4.96. The summed E-state index contributed by atoms with van der Waals surface area (Å²) in [6.07, 6.45) is -5.02. The molecule has 0 spiro atoms. The monoisotopic (exact) mass is 421 g/mol. The standard InChI is InChI=1S/C18H17F6N3O2/c19-17(20,21)10-28-15-14(18(22,23)24)9-25-16(27-15)26-11-5-7-13(8-6-11)29-12-3-1-2-4-12/h5-9,12H,1-4,10H2,(H,25,26,27). The lowest BCUT2D eigenvalue weighted by Gasteiger charge is -2.15. The van der Waals surface area contributed by atoms with Crippen molar-refractivity contribution in [2.75, 3.05) is 11.9 Å². The molecule has 29 heavy (non-hydrogen) atoms. The van der Waals surface area contributed by atoms with Crippen LogP contribution in [0, 0.1) is 0 Å². The van der Waals surface area contributed by atoms with E-state index < -0.39 is 30.4 Å². The zero-order valence-electron chi connectivity index (χ0n) is 15.0. The summed E-state index contributed by atoms with van der Waals surface area (Å²) in [5, 5.41) is 2.63. The summed E-state index contributed by atoms with van der Waals surface area (Å²) in [6, 6.07) is 6.54. The first kappa shape index (κ1) is 21.0. The van der Waals surface area contributed by atoms with Crippen LogP contribution in [0.2, 0.25) is 0 Å². The van der Waals surface area contributed by atoms with Crippen LogP contribution in [0.5, 0.6) is 11.6 Å². The molecule has 0 aliphatic heterocycles. The first-order valence-corrected chi connectivity index (χ1v) is 8.78. The van der Waals surface area contributed by atoms with Gasteiger partial charge in [0, 0.05) is 11.9 Å². The second-order valence-electron chi connectivity index (χ2n) is 6.49. The fourth-order valence-corrected chi connectivity index (χ4v) is 2.83. The molecular weight excluding hydrogens is 404 g/mol. The Kier molecular flexibility index (Phi) is 6.04. The van der Waals surface area contributed by atoms with Crippen molar-refractivity contribution in [2.24, 2.45) is 0 Å². The van der Waals surface area contributed by atoms with Crippen LogP contribution < -0.4 is 14.8 Å². The molecule has 0 radical (unpaired) electrons. The predicted octanol–water partition coefficient (Wildman–Crippen LogP) is 5.50. The van der Waals surface area contributed by atoms with Crippen molar-refractivity contribution in [2.45, 2.75) is 44.1 Å². The smallest absolute Gasteiger partial charge is 0.423 e. The average molecular weight is 421 g/mol. The maximum Gasteiger partial charge on any atom is 0.423 e. The van der Waals surface area contributed by atoms with E-state index in [0.717, 1.165) is 25.7 Å². The average Bonchev–Trinajstić information content (AvgIpc) is 3.13. The molecule has 1 aliphatic carbocycles. The molecule has 11 heteroatoms. The molecule has 1 heterocycles. The van der Waals surface area contributed by atoms with Crippen LogP contribution in [0.3, 0.4) is 0 Å². The molecule has 3 rings (SSSR count). The summed E-state index contributed by atoms with van der Waals surface area (Å²) in [6.45, 7) is -1.90. The van der Waals surface area contributed by atoms with E-state index in [1.165, 1.54) is 0 Å². The molecule has 0 atom stereocenters. The third-order valence-electron chi connectivity index (χ3n) is 4.15. The maximum absolute atomic E-state index is 13.0. The molecular formula is C18H17F6N3O2. The quantitative estimate of drug-likeness (QED) is 0.624. The van der Waals surface area contributed by atoms with E-state index in [2.05, 4.69) is 20.0 Å². The van der Waals surface area contributed by atoms with Gasteiger partial charge in [-0.2, -0.15) is 31.3 Å². The summed E-state index contributed by atoms with van der Waals surface area (Å²) in [4.78, 5) is 6.96. The number of hydrogen-bond donors (Lipinski definition) is 1. The Morgan fingerprint density at radius 3 is 2.24 bits per heavy atom. The fraction of sp³-hybridized carbons (Fsp3) is 0.444. The lowest BCUT2D eigenvalue weighted by Crippen LogP contribution is -2.22. The van der Waals surface area contributed by atoms with Gasteiger partial charge in [0.2, 0.25) is 11.8 Å². The van der Waals surface area contributed by atoms with Crippen LogP contribution in [0.15, 0.2) is 30.5 Å². The summed E-state index contributed by atoms with van der Waals surface area (Å²) in [5.74, 6) is -0.891. The fourth-order valence-electron chi connectivity index (χ4n) is 2.83. The van der Waals surface area contributed by atoms with E-state index in [1.54, 1.807) is 24.3 Å². The third kappa shape index (κ3) is 6.13. The van der Waals surface area contributed by atoms with Gasteiger partial charge in [-0.15, -0.1) is 0 Å². The van der Waals surface area contributed by atoms with E-state index in [-0.39, 0.29) is 12.1 Å². The zero-order valence-corrected chi connectivity index (χ0v) is 15.0. The molecule has 1 aliphatic rings. The molecule has 1 N–H and O–H groups in total. The van der Waals surface area contributed by atoms with Crippen molar-refractivity contribution in [3.63, 3.8) is 0 Å². The largest absolute Gasteiger partial charge is 0.490 e. The second-order valence-corrected chi connectivity index (χ2v) is 6.49. The highest BCUT2D eigenvalue weighted by Crippen LogP contribution is 2.36. The molecule has 0 bridgehead atoms. The van der Waals surface area contributed by atoms with Gasteiger partial charge in [0.15, 0.2) is 6.61 Å². The highest BCUT2D eigenvalue weighted by atomic mass is 19.4. The lowest BCUT2D eigenvalue weighted by molar-refractivity contribution is -0.159. The highest BCUT2D eigenvalue weighted by Gasteiger charge is 2.38. The number of hydrogen-bond acceptors (Lipinski definition) is 5. The van der Waals surface area contributed by atoms with Crippen LogP contribution >= 0.6 is 0 Å². The first-order valence-electron chi connectivity index (χ1n) is 8.78. The van der Waals surface area contributed by atoms with Crippen molar-refractivity contribution in [1.82, 2.24) is 9.97 Å².